The van der Waals surface area contributed by atoms with Gasteiger partial charge in [0.25, 0.3) is 5.91 Å². The summed E-state index contributed by atoms with van der Waals surface area (Å²) in [5.74, 6) is 0.787. The lowest BCUT2D eigenvalue weighted by Gasteiger charge is -2.12. The zero-order chi connectivity index (χ0) is 21.3. The second-order valence-electron chi connectivity index (χ2n) is 6.11. The molecule has 0 bridgehead atoms. The molecule has 0 aromatic heterocycles. The second kappa shape index (κ2) is 9.97. The molecule has 0 aliphatic rings. The van der Waals surface area contributed by atoms with Gasteiger partial charge in [-0.3, -0.25) is 4.79 Å². The van der Waals surface area contributed by atoms with E-state index in [9.17, 15) is 9.59 Å². The first-order chi connectivity index (χ1) is 14.6. The van der Waals surface area contributed by atoms with Crippen LogP contribution in [0.15, 0.2) is 72.8 Å². The fraction of sp³-hybridized carbons (Fsp3) is 0.130. The maximum Gasteiger partial charge on any atom is 0.342 e. The number of benzene rings is 3. The Morgan fingerprint density at radius 2 is 1.50 bits per heavy atom. The number of para-hydroxylation sites is 2. The third kappa shape index (κ3) is 5.29. The Morgan fingerprint density at radius 3 is 2.23 bits per heavy atom. The first-order valence-corrected chi connectivity index (χ1v) is 9.11. The van der Waals surface area contributed by atoms with Gasteiger partial charge in [0, 0.05) is 11.8 Å². The number of hydrogen-bond acceptors (Lipinski definition) is 6. The number of rotatable bonds is 8. The van der Waals surface area contributed by atoms with Crippen molar-refractivity contribution in [3.05, 3.63) is 78.4 Å². The Morgan fingerprint density at radius 1 is 0.800 bits per heavy atom. The minimum atomic E-state index is -0.663. The van der Waals surface area contributed by atoms with Gasteiger partial charge in [-0.25, -0.2) is 4.79 Å². The summed E-state index contributed by atoms with van der Waals surface area (Å²) in [6.07, 6.45) is 0. The number of ether oxygens (including phenoxy) is 4. The Labute approximate surface area is 174 Å². The Balaban J connectivity index is 1.61. The predicted octanol–water partition coefficient (Wildman–Crippen LogP) is 4.29. The van der Waals surface area contributed by atoms with Crippen molar-refractivity contribution < 1.29 is 28.5 Å². The van der Waals surface area contributed by atoms with Crippen molar-refractivity contribution in [2.75, 3.05) is 26.1 Å². The summed E-state index contributed by atoms with van der Waals surface area (Å²) < 4.78 is 21.3. The molecule has 1 amide bonds. The first-order valence-electron chi connectivity index (χ1n) is 9.11. The number of carbonyl (C=O) groups excluding carboxylic acids is 2. The number of amides is 1. The zero-order valence-electron chi connectivity index (χ0n) is 16.6. The maximum atomic E-state index is 12.5. The molecule has 7 heteroatoms. The van der Waals surface area contributed by atoms with Gasteiger partial charge in [0.15, 0.2) is 18.1 Å². The summed E-state index contributed by atoms with van der Waals surface area (Å²) in [6.45, 7) is -0.452. The van der Waals surface area contributed by atoms with Gasteiger partial charge in [0.2, 0.25) is 0 Å². The molecule has 0 aliphatic heterocycles. The number of esters is 1. The molecule has 3 aromatic carbocycles. The van der Waals surface area contributed by atoms with Crippen molar-refractivity contribution in [2.45, 2.75) is 0 Å². The monoisotopic (exact) mass is 407 g/mol. The number of nitrogens with one attached hydrogen (secondary N) is 1. The highest BCUT2D eigenvalue weighted by molar-refractivity contribution is 5.97. The van der Waals surface area contributed by atoms with E-state index in [1.165, 1.54) is 14.2 Å². The van der Waals surface area contributed by atoms with Crippen LogP contribution < -0.4 is 19.5 Å². The molecule has 3 rings (SSSR count). The smallest absolute Gasteiger partial charge is 0.342 e. The van der Waals surface area contributed by atoms with Crippen LogP contribution in [0.4, 0.5) is 5.69 Å². The Kier molecular flexibility index (Phi) is 6.89. The molecule has 0 spiro atoms. The molecular formula is C23H21NO6. The number of hydrogen-bond donors (Lipinski definition) is 1. The standard InChI is InChI=1S/C23H21NO6/c1-27-20-13-12-16(14-21(20)28-2)24-22(25)15-29-23(26)18-10-6-7-11-19(18)30-17-8-4-3-5-9-17/h3-14H,15H2,1-2H3,(H,24,25). The van der Waals surface area contributed by atoms with Crippen LogP contribution >= 0.6 is 0 Å². The number of methoxy groups -OCH3 is 2. The van der Waals surface area contributed by atoms with Crippen LogP contribution in [0.1, 0.15) is 10.4 Å². The molecule has 0 fully saturated rings. The highest BCUT2D eigenvalue weighted by Crippen LogP contribution is 2.30. The predicted molar refractivity (Wildman–Crippen MR) is 111 cm³/mol. The van der Waals surface area contributed by atoms with E-state index in [0.717, 1.165) is 0 Å². The topological polar surface area (TPSA) is 83.1 Å². The van der Waals surface area contributed by atoms with E-state index in [1.807, 2.05) is 18.2 Å². The number of anilines is 1. The lowest BCUT2D eigenvalue weighted by Crippen LogP contribution is -2.21. The van der Waals surface area contributed by atoms with E-state index >= 15 is 0 Å². The summed E-state index contributed by atoms with van der Waals surface area (Å²) in [4.78, 5) is 24.7. The third-order valence-corrected chi connectivity index (χ3v) is 4.08. The van der Waals surface area contributed by atoms with Crippen molar-refractivity contribution in [1.29, 1.82) is 0 Å². The molecule has 0 atom stereocenters. The SMILES string of the molecule is COc1ccc(NC(=O)COC(=O)c2ccccc2Oc2ccccc2)cc1OC. The van der Waals surface area contributed by atoms with E-state index in [0.29, 0.717) is 28.7 Å². The fourth-order valence-electron chi connectivity index (χ4n) is 2.66. The van der Waals surface area contributed by atoms with Crippen molar-refractivity contribution >= 4 is 17.6 Å². The molecule has 0 radical (unpaired) electrons. The Bertz CT molecular complexity index is 1020. The summed E-state index contributed by atoms with van der Waals surface area (Å²) in [7, 11) is 3.02. The van der Waals surface area contributed by atoms with Crippen LogP contribution in [0.3, 0.4) is 0 Å². The second-order valence-corrected chi connectivity index (χ2v) is 6.11. The van der Waals surface area contributed by atoms with Crippen molar-refractivity contribution in [2.24, 2.45) is 0 Å². The van der Waals surface area contributed by atoms with Gasteiger partial charge in [0.05, 0.1) is 14.2 Å². The lowest BCUT2D eigenvalue weighted by molar-refractivity contribution is -0.119. The van der Waals surface area contributed by atoms with Crippen LogP contribution in [0.5, 0.6) is 23.0 Å². The van der Waals surface area contributed by atoms with Crippen LogP contribution in [0.25, 0.3) is 0 Å². The van der Waals surface area contributed by atoms with Gasteiger partial charge in [-0.1, -0.05) is 30.3 Å². The molecule has 0 aliphatic carbocycles. The van der Waals surface area contributed by atoms with Gasteiger partial charge in [-0.05, 0) is 36.4 Å². The average molecular weight is 407 g/mol. The zero-order valence-corrected chi connectivity index (χ0v) is 16.6. The van der Waals surface area contributed by atoms with E-state index in [4.69, 9.17) is 18.9 Å². The van der Waals surface area contributed by atoms with Crippen molar-refractivity contribution in [3.8, 4) is 23.0 Å². The summed E-state index contributed by atoms with van der Waals surface area (Å²) in [6, 6.07) is 20.7. The summed E-state index contributed by atoms with van der Waals surface area (Å²) >= 11 is 0. The molecular weight excluding hydrogens is 386 g/mol. The molecule has 30 heavy (non-hydrogen) atoms. The van der Waals surface area contributed by atoms with Crippen LogP contribution in [0.2, 0.25) is 0 Å². The van der Waals surface area contributed by atoms with E-state index in [-0.39, 0.29) is 5.56 Å². The normalized spacial score (nSPS) is 10.1. The minimum absolute atomic E-state index is 0.222. The Hall–Kier alpha value is -4.00. The van der Waals surface area contributed by atoms with Crippen LogP contribution in [0, 0.1) is 0 Å². The molecule has 154 valence electrons. The van der Waals surface area contributed by atoms with Gasteiger partial charge in [-0.2, -0.15) is 0 Å². The van der Waals surface area contributed by atoms with Crippen LogP contribution in [-0.2, 0) is 9.53 Å². The third-order valence-electron chi connectivity index (χ3n) is 4.08. The minimum Gasteiger partial charge on any atom is -0.493 e. The highest BCUT2D eigenvalue weighted by Gasteiger charge is 2.16. The number of carbonyl (C=O) groups is 2. The molecule has 0 saturated carbocycles. The molecule has 7 nitrogen and oxygen atoms in total. The van der Waals surface area contributed by atoms with Crippen molar-refractivity contribution in [1.82, 2.24) is 0 Å². The lowest BCUT2D eigenvalue weighted by atomic mass is 10.2. The quantitative estimate of drug-likeness (QED) is 0.561. The molecule has 0 heterocycles. The van der Waals surface area contributed by atoms with Gasteiger partial charge in [-0.15, -0.1) is 0 Å². The highest BCUT2D eigenvalue weighted by atomic mass is 16.5. The molecule has 0 saturated heterocycles. The van der Waals surface area contributed by atoms with Gasteiger partial charge >= 0.3 is 5.97 Å². The van der Waals surface area contributed by atoms with Crippen LogP contribution in [-0.4, -0.2) is 32.7 Å². The molecule has 3 aromatic rings. The van der Waals surface area contributed by atoms with E-state index in [2.05, 4.69) is 5.32 Å². The molecule has 1 N–H and O–H groups in total. The summed E-state index contributed by atoms with van der Waals surface area (Å²) in [5, 5.41) is 2.65. The first kappa shape index (κ1) is 20.7. The summed E-state index contributed by atoms with van der Waals surface area (Å²) in [5.41, 5.74) is 0.710. The van der Waals surface area contributed by atoms with E-state index in [1.54, 1.807) is 54.6 Å². The van der Waals surface area contributed by atoms with Gasteiger partial charge in [0.1, 0.15) is 17.1 Å². The van der Waals surface area contributed by atoms with E-state index < -0.39 is 18.5 Å². The fourth-order valence-corrected chi connectivity index (χ4v) is 2.66. The van der Waals surface area contributed by atoms with Gasteiger partial charge < -0.3 is 24.3 Å². The maximum absolute atomic E-state index is 12.5. The largest absolute Gasteiger partial charge is 0.493 e. The molecule has 0 unspecified atom stereocenters. The van der Waals surface area contributed by atoms with Crippen molar-refractivity contribution in [3.63, 3.8) is 0 Å². The average Bonchev–Trinajstić information content (AvgIpc) is 2.78.